The molecule has 0 saturated carbocycles. The van der Waals surface area contributed by atoms with E-state index in [-0.39, 0.29) is 27.1 Å². The van der Waals surface area contributed by atoms with Gasteiger partial charge < -0.3 is 14.6 Å². The lowest BCUT2D eigenvalue weighted by Crippen LogP contribution is -2.00. The number of carboxylic acid groups (broad SMARTS) is 1. The summed E-state index contributed by atoms with van der Waals surface area (Å²) in [5, 5.41) is 19.4. The van der Waals surface area contributed by atoms with Crippen LogP contribution >= 0.6 is 23.2 Å². The molecule has 1 aromatic heterocycles. The molecule has 0 bridgehead atoms. The Labute approximate surface area is 112 Å². The molecule has 0 fully saturated rings. The molecule has 0 aliphatic carbocycles. The SMILES string of the molecule is O=C(O)c1ccc(C(O)c2c(Cl)cccc2Cl)o1. The van der Waals surface area contributed by atoms with Gasteiger partial charge >= 0.3 is 5.97 Å². The van der Waals surface area contributed by atoms with Gasteiger partial charge in [-0.25, -0.2) is 4.79 Å². The fraction of sp³-hybridized carbons (Fsp3) is 0.0833. The van der Waals surface area contributed by atoms with Crippen LogP contribution in [-0.4, -0.2) is 16.2 Å². The quantitative estimate of drug-likeness (QED) is 0.908. The first-order valence-corrected chi connectivity index (χ1v) is 5.71. The van der Waals surface area contributed by atoms with Crippen molar-refractivity contribution in [1.82, 2.24) is 0 Å². The van der Waals surface area contributed by atoms with E-state index in [0.717, 1.165) is 0 Å². The molecule has 0 aliphatic rings. The second kappa shape index (κ2) is 5.02. The number of hydrogen-bond donors (Lipinski definition) is 2. The van der Waals surface area contributed by atoms with Crippen molar-refractivity contribution in [3.63, 3.8) is 0 Å². The van der Waals surface area contributed by atoms with Gasteiger partial charge in [-0.15, -0.1) is 0 Å². The van der Waals surface area contributed by atoms with Crippen LogP contribution < -0.4 is 0 Å². The maximum Gasteiger partial charge on any atom is 0.371 e. The van der Waals surface area contributed by atoms with Gasteiger partial charge in [0, 0.05) is 15.6 Å². The molecule has 4 nitrogen and oxygen atoms in total. The Hall–Kier alpha value is -1.49. The number of halogens is 2. The number of carboxylic acids is 1. The lowest BCUT2D eigenvalue weighted by atomic mass is 10.1. The van der Waals surface area contributed by atoms with Crippen molar-refractivity contribution in [2.75, 3.05) is 0 Å². The van der Waals surface area contributed by atoms with Crippen LogP contribution in [0.4, 0.5) is 0 Å². The van der Waals surface area contributed by atoms with Crippen LogP contribution in [0.15, 0.2) is 34.7 Å². The number of rotatable bonds is 3. The molecule has 1 atom stereocenters. The summed E-state index contributed by atoms with van der Waals surface area (Å²) in [4.78, 5) is 10.7. The number of benzene rings is 1. The molecule has 2 N–H and O–H groups in total. The highest BCUT2D eigenvalue weighted by molar-refractivity contribution is 6.36. The smallest absolute Gasteiger partial charge is 0.371 e. The van der Waals surface area contributed by atoms with Gasteiger partial charge in [-0.05, 0) is 24.3 Å². The molecule has 2 rings (SSSR count). The van der Waals surface area contributed by atoms with Crippen LogP contribution in [0.3, 0.4) is 0 Å². The number of carbonyl (C=O) groups is 1. The lowest BCUT2D eigenvalue weighted by molar-refractivity contribution is 0.0655. The Morgan fingerprint density at radius 2 is 1.78 bits per heavy atom. The minimum atomic E-state index is -1.21. The van der Waals surface area contributed by atoms with Crippen LogP contribution in [0, 0.1) is 0 Å². The van der Waals surface area contributed by atoms with Gasteiger partial charge in [0.25, 0.3) is 0 Å². The number of aromatic carboxylic acids is 1. The third kappa shape index (κ3) is 2.36. The van der Waals surface area contributed by atoms with Crippen LogP contribution in [-0.2, 0) is 0 Å². The summed E-state index contributed by atoms with van der Waals surface area (Å²) in [6.45, 7) is 0. The third-order valence-corrected chi connectivity index (χ3v) is 3.04. The normalized spacial score (nSPS) is 12.4. The summed E-state index contributed by atoms with van der Waals surface area (Å²) in [5.74, 6) is -1.40. The van der Waals surface area contributed by atoms with E-state index in [1.54, 1.807) is 18.2 Å². The third-order valence-electron chi connectivity index (χ3n) is 2.38. The average molecular weight is 287 g/mol. The summed E-state index contributed by atoms with van der Waals surface area (Å²) < 4.78 is 5.00. The van der Waals surface area contributed by atoms with Crippen LogP contribution in [0.1, 0.15) is 28.0 Å². The number of furan rings is 1. The molecular formula is C12H8Cl2O4. The molecule has 0 amide bonds. The second-order valence-corrected chi connectivity index (χ2v) is 4.36. The van der Waals surface area contributed by atoms with Crippen molar-refractivity contribution in [2.24, 2.45) is 0 Å². The Bertz CT molecular complexity index is 571. The molecule has 94 valence electrons. The molecule has 0 radical (unpaired) electrons. The van der Waals surface area contributed by atoms with E-state index in [0.29, 0.717) is 0 Å². The van der Waals surface area contributed by atoms with E-state index in [9.17, 15) is 9.90 Å². The van der Waals surface area contributed by atoms with Gasteiger partial charge in [-0.2, -0.15) is 0 Å². The fourth-order valence-electron chi connectivity index (χ4n) is 1.53. The van der Waals surface area contributed by atoms with Crippen molar-refractivity contribution in [3.8, 4) is 0 Å². The van der Waals surface area contributed by atoms with Crippen molar-refractivity contribution in [3.05, 3.63) is 57.5 Å². The van der Waals surface area contributed by atoms with Crippen molar-refractivity contribution >= 4 is 29.2 Å². The predicted octanol–water partition coefficient (Wildman–Crippen LogP) is 3.37. The molecule has 6 heteroatoms. The second-order valence-electron chi connectivity index (χ2n) is 3.55. The molecule has 0 aliphatic heterocycles. The highest BCUT2D eigenvalue weighted by Crippen LogP contribution is 2.34. The molecule has 18 heavy (non-hydrogen) atoms. The van der Waals surface area contributed by atoms with E-state index in [4.69, 9.17) is 32.7 Å². The molecule has 2 aromatic rings. The van der Waals surface area contributed by atoms with E-state index < -0.39 is 12.1 Å². The van der Waals surface area contributed by atoms with E-state index in [1.165, 1.54) is 12.1 Å². The Balaban J connectivity index is 2.41. The zero-order chi connectivity index (χ0) is 13.3. The summed E-state index contributed by atoms with van der Waals surface area (Å²) in [7, 11) is 0. The van der Waals surface area contributed by atoms with Gasteiger partial charge in [0.05, 0.1) is 0 Å². The Morgan fingerprint density at radius 3 is 2.28 bits per heavy atom. The van der Waals surface area contributed by atoms with Gasteiger partial charge in [0.15, 0.2) is 0 Å². The summed E-state index contributed by atoms with van der Waals surface area (Å²) in [5.41, 5.74) is 0.284. The van der Waals surface area contributed by atoms with E-state index in [2.05, 4.69) is 0 Å². The highest BCUT2D eigenvalue weighted by atomic mass is 35.5. The van der Waals surface area contributed by atoms with Gasteiger partial charge in [0.1, 0.15) is 11.9 Å². The van der Waals surface area contributed by atoms with Gasteiger partial charge in [-0.1, -0.05) is 29.3 Å². The first-order valence-electron chi connectivity index (χ1n) is 4.95. The minimum Gasteiger partial charge on any atom is -0.475 e. The maximum absolute atomic E-state index is 10.7. The molecule has 1 unspecified atom stereocenters. The zero-order valence-corrected chi connectivity index (χ0v) is 10.4. The average Bonchev–Trinajstić information content (AvgIpc) is 2.77. The molecule has 1 aromatic carbocycles. The Kier molecular flexibility index (Phi) is 3.61. The molecule has 1 heterocycles. The number of aliphatic hydroxyl groups excluding tert-OH is 1. The largest absolute Gasteiger partial charge is 0.475 e. The van der Waals surface area contributed by atoms with Gasteiger partial charge in [0.2, 0.25) is 5.76 Å². The first-order chi connectivity index (χ1) is 8.50. The molecule has 0 saturated heterocycles. The van der Waals surface area contributed by atoms with Crippen molar-refractivity contribution in [2.45, 2.75) is 6.10 Å². The summed E-state index contributed by atoms with van der Waals surface area (Å²) >= 11 is 11.9. The summed E-state index contributed by atoms with van der Waals surface area (Å²) in [6.07, 6.45) is -1.21. The maximum atomic E-state index is 10.7. The molecular weight excluding hydrogens is 279 g/mol. The molecule has 0 spiro atoms. The van der Waals surface area contributed by atoms with E-state index >= 15 is 0 Å². The zero-order valence-electron chi connectivity index (χ0n) is 8.93. The lowest BCUT2D eigenvalue weighted by Gasteiger charge is -2.11. The fourth-order valence-corrected chi connectivity index (χ4v) is 2.13. The van der Waals surface area contributed by atoms with E-state index in [1.807, 2.05) is 0 Å². The van der Waals surface area contributed by atoms with Crippen molar-refractivity contribution in [1.29, 1.82) is 0 Å². The first kappa shape index (κ1) is 13.0. The summed E-state index contributed by atoms with van der Waals surface area (Å²) in [6, 6.07) is 7.42. The monoisotopic (exact) mass is 286 g/mol. The van der Waals surface area contributed by atoms with Gasteiger partial charge in [-0.3, -0.25) is 0 Å². The van der Waals surface area contributed by atoms with Crippen LogP contribution in [0.2, 0.25) is 10.0 Å². The van der Waals surface area contributed by atoms with Crippen LogP contribution in [0.5, 0.6) is 0 Å². The topological polar surface area (TPSA) is 70.7 Å². The standard InChI is InChI=1S/C12H8Cl2O4/c13-6-2-1-3-7(14)10(6)11(15)8-4-5-9(18-8)12(16)17/h1-5,11,15H,(H,16,17). The van der Waals surface area contributed by atoms with Crippen LogP contribution in [0.25, 0.3) is 0 Å². The number of aliphatic hydroxyl groups is 1. The number of hydrogen-bond acceptors (Lipinski definition) is 3. The Morgan fingerprint density at radius 1 is 1.17 bits per heavy atom. The predicted molar refractivity (Wildman–Crippen MR) is 66.2 cm³/mol. The van der Waals surface area contributed by atoms with Crippen molar-refractivity contribution < 1.29 is 19.4 Å². The highest BCUT2D eigenvalue weighted by Gasteiger charge is 2.21. The minimum absolute atomic E-state index is 0.0717.